The van der Waals surface area contributed by atoms with Crippen LogP contribution in [0.5, 0.6) is 17.2 Å². The maximum absolute atomic E-state index is 14.2. The quantitative estimate of drug-likeness (QED) is 0.0511. The number of carbonyl (C=O) groups excluding carboxylic acids is 6. The molecule has 8 rings (SSSR count). The molecule has 4 N–H and O–H groups in total. The van der Waals surface area contributed by atoms with Crippen molar-refractivity contribution in [2.75, 3.05) is 7.11 Å². The Kier molecular flexibility index (Phi) is 14.5. The normalized spacial score (nSPS) is 26.2. The zero-order valence-corrected chi connectivity index (χ0v) is 39.7. The van der Waals surface area contributed by atoms with E-state index in [0.717, 1.165) is 55.5 Å². The molecule has 2 aliphatic carbocycles. The van der Waals surface area contributed by atoms with Crippen molar-refractivity contribution in [2.24, 2.45) is 0 Å². The first kappa shape index (κ1) is 53.4. The standard InChI is InChI=1S/C49H44F3N3O20/c1-20-43(75-46(62)24-10-14-26(15-11-24)55(67)68)29(53-47(63)49(50,51)52)16-33(70-20)74-44-21(2)71-34(17-31(44)73-45(61)23-8-12-25(13-9-23)54(65)66)72-32-19-48(64,22(3)56)18-28-36(32)42(60)38-37(40(28)58)39(57)27-6-5-7-30(69-4)35(27)41(38)59/h5-15,20-21,29,31-34,43-44,58,60,64H,16-19H2,1-4H3,(H,53,63)/t20-,21-,29-,31-,32-,33-,34-,43+,44+,48-/m0/s1. The molecular weight excluding hydrogens is 1010 g/mol. The lowest BCUT2D eigenvalue weighted by atomic mass is 9.72. The molecule has 396 valence electrons. The second-order valence-electron chi connectivity index (χ2n) is 18.1. The predicted octanol–water partition coefficient (Wildman–Crippen LogP) is 5.18. The smallest absolute Gasteiger partial charge is 0.471 e. The summed E-state index contributed by atoms with van der Waals surface area (Å²) in [7, 11) is 1.25. The summed E-state index contributed by atoms with van der Waals surface area (Å²) in [6.07, 6.45) is -20.0. The predicted molar refractivity (Wildman–Crippen MR) is 243 cm³/mol. The van der Waals surface area contributed by atoms with Gasteiger partial charge in [-0.1, -0.05) is 12.1 Å². The minimum atomic E-state index is -5.43. The number of non-ortho nitro benzene ring substituents is 2. The fraction of sp³-hybridized carbons (Fsp3) is 0.388. The Hall–Kier alpha value is -7.91. The Morgan fingerprint density at radius 3 is 1.85 bits per heavy atom. The van der Waals surface area contributed by atoms with E-state index in [-0.39, 0.29) is 50.5 Å². The molecule has 10 atom stereocenters. The first-order valence-electron chi connectivity index (χ1n) is 22.8. The highest BCUT2D eigenvalue weighted by Gasteiger charge is 2.52. The number of aliphatic hydroxyl groups is 1. The molecule has 4 aromatic carbocycles. The average Bonchev–Trinajstić information content (AvgIpc) is 3.35. The van der Waals surface area contributed by atoms with Crippen LogP contribution in [0, 0.1) is 20.2 Å². The number of fused-ring (bicyclic) bond motifs is 3. The van der Waals surface area contributed by atoms with Crippen LogP contribution in [0.15, 0.2) is 66.7 Å². The first-order chi connectivity index (χ1) is 35.3. The number of phenols is 2. The fourth-order valence-electron chi connectivity index (χ4n) is 9.59. The number of benzene rings is 4. The molecule has 0 radical (unpaired) electrons. The third kappa shape index (κ3) is 10.3. The van der Waals surface area contributed by atoms with Gasteiger partial charge < -0.3 is 53.8 Å². The Morgan fingerprint density at radius 2 is 1.31 bits per heavy atom. The SMILES string of the molecule is COc1cccc2c1C(=O)c1c(O)c3c(c(O)c1C2=O)C[C@@](O)(C(C)=O)C[C@@H]3O[C@H]1C[C@H](OC(=O)c2ccc([N+](=O)[O-])cc2)[C@H](O[C@H]2C[C@H](NC(=O)C(F)(F)F)[C@H](OC(=O)c3ccc([N+](=O)[O-])cc3)[C@H](C)O2)[C@H](C)O1. The number of nitro benzene ring substituents is 2. The van der Waals surface area contributed by atoms with Crippen molar-refractivity contribution < 1.29 is 100 Å². The molecule has 23 nitrogen and oxygen atoms in total. The molecule has 2 heterocycles. The Morgan fingerprint density at radius 1 is 0.760 bits per heavy atom. The largest absolute Gasteiger partial charge is 0.507 e. The molecule has 4 aromatic rings. The van der Waals surface area contributed by atoms with E-state index in [1.54, 1.807) is 5.32 Å². The second-order valence-corrected chi connectivity index (χ2v) is 18.1. The molecule has 2 aliphatic heterocycles. The molecule has 75 heavy (non-hydrogen) atoms. The van der Waals surface area contributed by atoms with Crippen LogP contribution >= 0.6 is 0 Å². The third-order valence-electron chi connectivity index (χ3n) is 13.4. The number of nitrogens with one attached hydrogen (secondary N) is 1. The monoisotopic (exact) mass is 1050 g/mol. The third-order valence-corrected chi connectivity index (χ3v) is 13.4. The number of aromatic hydroxyl groups is 2. The van der Waals surface area contributed by atoms with E-state index in [9.17, 15) is 77.5 Å². The van der Waals surface area contributed by atoms with Gasteiger partial charge in [0.2, 0.25) is 5.78 Å². The fourth-order valence-corrected chi connectivity index (χ4v) is 9.59. The number of nitrogens with zero attached hydrogens (tertiary/aromatic N) is 2. The number of ether oxygens (including phenoxy) is 7. The lowest BCUT2D eigenvalue weighted by Gasteiger charge is -2.45. The number of halogens is 3. The maximum atomic E-state index is 14.2. The van der Waals surface area contributed by atoms with Crippen molar-refractivity contribution in [2.45, 2.75) is 113 Å². The minimum Gasteiger partial charge on any atom is -0.507 e. The summed E-state index contributed by atoms with van der Waals surface area (Å²) in [6.45, 7) is 3.70. The molecule has 4 aliphatic rings. The number of hydrogen-bond donors (Lipinski definition) is 4. The first-order valence-corrected chi connectivity index (χ1v) is 22.8. The van der Waals surface area contributed by atoms with E-state index >= 15 is 0 Å². The number of ketones is 3. The molecular formula is C49H44F3N3O20. The van der Waals surface area contributed by atoms with Gasteiger partial charge in [-0.25, -0.2) is 9.59 Å². The number of carbonyl (C=O) groups is 6. The van der Waals surface area contributed by atoms with E-state index < -0.39 is 160 Å². The highest BCUT2D eigenvalue weighted by Crippen LogP contribution is 2.53. The zero-order chi connectivity index (χ0) is 54.6. The van der Waals surface area contributed by atoms with Crippen LogP contribution in [0.2, 0.25) is 0 Å². The zero-order valence-electron chi connectivity index (χ0n) is 39.7. The summed E-state index contributed by atoms with van der Waals surface area (Å²) < 4.78 is 82.7. The van der Waals surface area contributed by atoms with Crippen molar-refractivity contribution in [3.8, 4) is 17.2 Å². The highest BCUT2D eigenvalue weighted by atomic mass is 19.4. The van der Waals surface area contributed by atoms with Crippen LogP contribution in [-0.2, 0) is 44.4 Å². The van der Waals surface area contributed by atoms with Crippen molar-refractivity contribution in [1.82, 2.24) is 5.32 Å². The summed E-state index contributed by atoms with van der Waals surface area (Å²) in [4.78, 5) is 102. The van der Waals surface area contributed by atoms with Crippen LogP contribution in [0.25, 0.3) is 0 Å². The van der Waals surface area contributed by atoms with Crippen LogP contribution in [-0.4, -0.2) is 128 Å². The van der Waals surface area contributed by atoms with Gasteiger partial charge in [-0.05, 0) is 51.1 Å². The molecule has 0 bridgehead atoms. The topological polar surface area (TPSA) is 326 Å². The van der Waals surface area contributed by atoms with E-state index in [1.807, 2.05) is 0 Å². The van der Waals surface area contributed by atoms with Gasteiger partial charge in [0, 0.05) is 66.6 Å². The molecule has 26 heteroatoms. The van der Waals surface area contributed by atoms with Gasteiger partial charge in [0.1, 0.15) is 41.2 Å². The second kappa shape index (κ2) is 20.4. The number of hydrogen-bond acceptors (Lipinski definition) is 20. The Bertz CT molecular complexity index is 3020. The van der Waals surface area contributed by atoms with E-state index in [0.29, 0.717) is 0 Å². The number of phenolic OH excluding ortho intramolecular Hbond substituents is 2. The average molecular weight is 1050 g/mol. The number of Topliss-reactive ketones (excluding diaryl/α,β-unsaturated/α-hetero) is 1. The van der Waals surface area contributed by atoms with Gasteiger partial charge in [-0.2, -0.15) is 13.2 Å². The number of alkyl halides is 3. The highest BCUT2D eigenvalue weighted by molar-refractivity contribution is 6.31. The van der Waals surface area contributed by atoms with Crippen LogP contribution in [0.3, 0.4) is 0 Å². The molecule has 0 aromatic heterocycles. The summed E-state index contributed by atoms with van der Waals surface area (Å²) in [5.41, 5.74) is -5.81. The van der Waals surface area contributed by atoms with E-state index in [2.05, 4.69) is 0 Å². The van der Waals surface area contributed by atoms with Crippen LogP contribution in [0.4, 0.5) is 24.5 Å². The van der Waals surface area contributed by atoms with E-state index in [1.165, 1.54) is 39.2 Å². The molecule has 2 saturated heterocycles. The van der Waals surface area contributed by atoms with Gasteiger partial charge in [0.15, 0.2) is 24.1 Å². The van der Waals surface area contributed by atoms with Crippen molar-refractivity contribution in [3.05, 3.63) is 131 Å². The van der Waals surface area contributed by atoms with Crippen molar-refractivity contribution >= 4 is 46.6 Å². The van der Waals surface area contributed by atoms with Crippen molar-refractivity contribution in [1.29, 1.82) is 0 Å². The maximum Gasteiger partial charge on any atom is 0.471 e. The van der Waals surface area contributed by atoms with Gasteiger partial charge in [0.05, 0.1) is 69.1 Å². The van der Waals surface area contributed by atoms with Crippen LogP contribution in [0.1, 0.15) is 110 Å². The van der Waals surface area contributed by atoms with Crippen LogP contribution < -0.4 is 10.1 Å². The minimum absolute atomic E-state index is 0.0276. The molecule has 1 amide bonds. The molecule has 2 fully saturated rings. The molecule has 0 spiro atoms. The number of esters is 2. The Balaban J connectivity index is 1.11. The number of nitro groups is 2. The summed E-state index contributed by atoms with van der Waals surface area (Å²) in [5, 5.41) is 59.9. The van der Waals surface area contributed by atoms with Gasteiger partial charge in [-0.3, -0.25) is 39.4 Å². The van der Waals surface area contributed by atoms with Gasteiger partial charge >= 0.3 is 24.0 Å². The molecule has 0 saturated carbocycles. The lowest BCUT2D eigenvalue weighted by molar-refractivity contribution is -0.385. The van der Waals surface area contributed by atoms with Gasteiger partial charge in [0.25, 0.3) is 11.4 Å². The number of methoxy groups -OCH3 is 1. The lowest BCUT2D eigenvalue weighted by Crippen LogP contribution is -2.60. The summed E-state index contributed by atoms with van der Waals surface area (Å²) >= 11 is 0. The van der Waals surface area contributed by atoms with E-state index in [4.69, 9.17) is 33.2 Å². The Labute approximate surface area is 420 Å². The van der Waals surface area contributed by atoms with Gasteiger partial charge in [-0.15, -0.1) is 0 Å². The molecule has 0 unspecified atom stereocenters. The number of rotatable bonds is 13. The summed E-state index contributed by atoms with van der Waals surface area (Å²) in [6, 6.07) is 10.7. The van der Waals surface area contributed by atoms with Crippen molar-refractivity contribution in [3.63, 3.8) is 0 Å². The summed E-state index contributed by atoms with van der Waals surface area (Å²) in [5.74, 6) is -9.02. The number of amides is 1.